The summed E-state index contributed by atoms with van der Waals surface area (Å²) < 4.78 is 10.4. The van der Waals surface area contributed by atoms with E-state index in [0.29, 0.717) is 17.1 Å². The first-order chi connectivity index (χ1) is 7.60. The number of ether oxygens (including phenoxy) is 2. The third-order valence-corrected chi connectivity index (χ3v) is 2.22. The molecule has 1 rings (SSSR count). The lowest BCUT2D eigenvalue weighted by Crippen LogP contribution is -1.95. The van der Waals surface area contributed by atoms with Crippen LogP contribution < -0.4 is 9.47 Å². The van der Waals surface area contributed by atoms with E-state index in [2.05, 4.69) is 0 Å². The van der Waals surface area contributed by atoms with Crippen molar-refractivity contribution in [2.45, 2.75) is 6.92 Å². The van der Waals surface area contributed by atoms with Crippen molar-refractivity contribution in [3.63, 3.8) is 0 Å². The molecule has 0 unspecified atom stereocenters. The molecular formula is C12H14O4. The molecule has 0 aliphatic heterocycles. The van der Waals surface area contributed by atoms with E-state index < -0.39 is 5.97 Å². The number of hydrogen-bond acceptors (Lipinski definition) is 3. The molecule has 0 aromatic heterocycles. The van der Waals surface area contributed by atoms with Gasteiger partial charge in [-0.2, -0.15) is 0 Å². The average Bonchev–Trinajstić information content (AvgIpc) is 2.26. The van der Waals surface area contributed by atoms with Crippen LogP contribution in [0.25, 0.3) is 6.08 Å². The number of carboxylic acids is 1. The Morgan fingerprint density at radius 3 is 2.50 bits per heavy atom. The van der Waals surface area contributed by atoms with Gasteiger partial charge in [-0.05, 0) is 25.1 Å². The Balaban J connectivity index is 3.20. The van der Waals surface area contributed by atoms with Crippen LogP contribution in [0, 0.1) is 6.92 Å². The van der Waals surface area contributed by atoms with E-state index in [1.807, 2.05) is 6.92 Å². The molecule has 0 aliphatic carbocycles. The predicted molar refractivity (Wildman–Crippen MR) is 61.0 cm³/mol. The Bertz CT molecular complexity index is 421. The van der Waals surface area contributed by atoms with Crippen molar-refractivity contribution in [3.8, 4) is 11.5 Å². The summed E-state index contributed by atoms with van der Waals surface area (Å²) in [6.07, 6.45) is 2.57. The van der Waals surface area contributed by atoms with Gasteiger partial charge in [-0.3, -0.25) is 0 Å². The minimum absolute atomic E-state index is 0.622. The second-order valence-corrected chi connectivity index (χ2v) is 3.19. The number of rotatable bonds is 4. The van der Waals surface area contributed by atoms with E-state index in [1.165, 1.54) is 6.08 Å². The zero-order valence-corrected chi connectivity index (χ0v) is 9.48. The molecule has 4 nitrogen and oxygen atoms in total. The molecular weight excluding hydrogens is 208 g/mol. The summed E-state index contributed by atoms with van der Waals surface area (Å²) in [5.41, 5.74) is 1.56. The molecule has 1 aromatic carbocycles. The molecule has 0 spiro atoms. The van der Waals surface area contributed by atoms with Gasteiger partial charge >= 0.3 is 5.97 Å². The normalized spacial score (nSPS) is 10.4. The van der Waals surface area contributed by atoms with Crippen LogP contribution in [-0.2, 0) is 4.79 Å². The van der Waals surface area contributed by atoms with Crippen molar-refractivity contribution >= 4 is 12.0 Å². The van der Waals surface area contributed by atoms with Crippen LogP contribution in [0.1, 0.15) is 11.1 Å². The van der Waals surface area contributed by atoms with Crippen molar-refractivity contribution < 1.29 is 19.4 Å². The topological polar surface area (TPSA) is 55.8 Å². The summed E-state index contributed by atoms with van der Waals surface area (Å²) in [7, 11) is 3.12. The average molecular weight is 222 g/mol. The highest BCUT2D eigenvalue weighted by molar-refractivity contribution is 5.86. The van der Waals surface area contributed by atoms with Crippen molar-refractivity contribution in [1.29, 1.82) is 0 Å². The molecule has 0 amide bonds. The van der Waals surface area contributed by atoms with Gasteiger partial charge < -0.3 is 14.6 Å². The van der Waals surface area contributed by atoms with Crippen molar-refractivity contribution in [1.82, 2.24) is 0 Å². The number of hydrogen-bond donors (Lipinski definition) is 1. The third-order valence-electron chi connectivity index (χ3n) is 2.22. The van der Waals surface area contributed by atoms with Crippen molar-refractivity contribution in [2.75, 3.05) is 14.2 Å². The highest BCUT2D eigenvalue weighted by Crippen LogP contribution is 2.31. The molecule has 0 saturated heterocycles. The zero-order valence-electron chi connectivity index (χ0n) is 9.48. The smallest absolute Gasteiger partial charge is 0.328 e. The first kappa shape index (κ1) is 12.1. The lowest BCUT2D eigenvalue weighted by atomic mass is 10.1. The fourth-order valence-electron chi connectivity index (χ4n) is 1.48. The Morgan fingerprint density at radius 1 is 1.31 bits per heavy atom. The third kappa shape index (κ3) is 2.53. The molecule has 0 heterocycles. The monoisotopic (exact) mass is 222 g/mol. The Hall–Kier alpha value is -1.97. The molecule has 0 atom stereocenters. The Labute approximate surface area is 94.1 Å². The van der Waals surface area contributed by atoms with Crippen molar-refractivity contribution in [3.05, 3.63) is 29.3 Å². The van der Waals surface area contributed by atoms with Gasteiger partial charge in [0.05, 0.1) is 14.2 Å². The number of methoxy groups -OCH3 is 2. The van der Waals surface area contributed by atoms with Gasteiger partial charge in [-0.1, -0.05) is 0 Å². The van der Waals surface area contributed by atoms with Crippen LogP contribution in [0.5, 0.6) is 11.5 Å². The van der Waals surface area contributed by atoms with E-state index >= 15 is 0 Å². The largest absolute Gasteiger partial charge is 0.496 e. The van der Waals surface area contributed by atoms with Crippen LogP contribution in [0.3, 0.4) is 0 Å². The standard InChI is InChI=1S/C12H14O4/c1-8-10(15-2)6-4-9(12(8)16-3)5-7-11(13)14/h4-7H,1-3H3,(H,13,14). The fourth-order valence-corrected chi connectivity index (χ4v) is 1.48. The van der Waals surface area contributed by atoms with Crippen molar-refractivity contribution in [2.24, 2.45) is 0 Å². The van der Waals surface area contributed by atoms with E-state index in [0.717, 1.165) is 11.6 Å². The zero-order chi connectivity index (χ0) is 12.1. The molecule has 0 radical (unpaired) electrons. The van der Waals surface area contributed by atoms with Crippen LogP contribution in [0.2, 0.25) is 0 Å². The van der Waals surface area contributed by atoms with Gasteiger partial charge in [0, 0.05) is 17.2 Å². The van der Waals surface area contributed by atoms with E-state index in [1.54, 1.807) is 26.4 Å². The Kier molecular flexibility index (Phi) is 3.94. The van der Waals surface area contributed by atoms with Gasteiger partial charge in [0.2, 0.25) is 0 Å². The summed E-state index contributed by atoms with van der Waals surface area (Å²) >= 11 is 0. The van der Waals surface area contributed by atoms with Gasteiger partial charge in [-0.25, -0.2) is 4.79 Å². The summed E-state index contributed by atoms with van der Waals surface area (Å²) in [6, 6.07) is 3.53. The van der Waals surface area contributed by atoms with Gasteiger partial charge in [0.25, 0.3) is 0 Å². The van der Waals surface area contributed by atoms with Crippen LogP contribution in [-0.4, -0.2) is 25.3 Å². The molecule has 0 aliphatic rings. The molecule has 0 bridgehead atoms. The number of carbonyl (C=O) groups is 1. The predicted octanol–water partition coefficient (Wildman–Crippen LogP) is 2.11. The van der Waals surface area contributed by atoms with Crippen LogP contribution >= 0.6 is 0 Å². The maximum absolute atomic E-state index is 10.4. The van der Waals surface area contributed by atoms with Gasteiger partial charge in [0.1, 0.15) is 11.5 Å². The molecule has 86 valence electrons. The molecule has 1 N–H and O–H groups in total. The summed E-state index contributed by atoms with van der Waals surface area (Å²) in [6.45, 7) is 1.86. The minimum atomic E-state index is -0.990. The number of carboxylic acid groups (broad SMARTS) is 1. The SMILES string of the molecule is COc1ccc(C=CC(=O)O)c(OC)c1C. The van der Waals surface area contributed by atoms with Crippen LogP contribution in [0.4, 0.5) is 0 Å². The molecule has 4 heteroatoms. The highest BCUT2D eigenvalue weighted by atomic mass is 16.5. The maximum Gasteiger partial charge on any atom is 0.328 e. The minimum Gasteiger partial charge on any atom is -0.496 e. The summed E-state index contributed by atoms with van der Waals surface area (Å²) in [5, 5.41) is 8.56. The second kappa shape index (κ2) is 5.21. The van der Waals surface area contributed by atoms with Gasteiger partial charge in [-0.15, -0.1) is 0 Å². The molecule has 0 fully saturated rings. The second-order valence-electron chi connectivity index (χ2n) is 3.19. The lowest BCUT2D eigenvalue weighted by Gasteiger charge is -2.12. The van der Waals surface area contributed by atoms with E-state index in [-0.39, 0.29) is 0 Å². The molecule has 0 saturated carbocycles. The quantitative estimate of drug-likeness (QED) is 0.793. The number of benzene rings is 1. The maximum atomic E-state index is 10.4. The fraction of sp³-hybridized carbons (Fsp3) is 0.250. The summed E-state index contributed by atoms with van der Waals surface area (Å²) in [4.78, 5) is 10.4. The first-order valence-electron chi connectivity index (χ1n) is 4.72. The number of aliphatic carboxylic acids is 1. The molecule has 16 heavy (non-hydrogen) atoms. The van der Waals surface area contributed by atoms with Crippen LogP contribution in [0.15, 0.2) is 18.2 Å². The van der Waals surface area contributed by atoms with E-state index in [9.17, 15) is 4.79 Å². The summed E-state index contributed by atoms with van der Waals surface area (Å²) in [5.74, 6) is 0.344. The lowest BCUT2D eigenvalue weighted by molar-refractivity contribution is -0.131. The molecule has 1 aromatic rings. The highest BCUT2D eigenvalue weighted by Gasteiger charge is 2.09. The van der Waals surface area contributed by atoms with E-state index in [4.69, 9.17) is 14.6 Å². The first-order valence-corrected chi connectivity index (χ1v) is 4.72. The van der Waals surface area contributed by atoms with Gasteiger partial charge in [0.15, 0.2) is 0 Å². The Morgan fingerprint density at radius 2 is 2.00 bits per heavy atom.